The van der Waals surface area contributed by atoms with Gasteiger partial charge < -0.3 is 9.84 Å². The Morgan fingerprint density at radius 2 is 2.33 bits per heavy atom. The Bertz CT molecular complexity index is 418. The number of anilines is 1. The molecule has 0 aromatic carbocycles. The number of hydrogen-bond donors (Lipinski definition) is 1. The van der Waals surface area contributed by atoms with Gasteiger partial charge in [-0.3, -0.25) is 4.98 Å². The molecule has 2 heterocycles. The number of nitrogens with zero attached hydrogens (tertiary/aromatic N) is 3. The second-order valence-electron chi connectivity index (χ2n) is 2.90. The van der Waals surface area contributed by atoms with Gasteiger partial charge in [0.1, 0.15) is 0 Å². The van der Waals surface area contributed by atoms with Crippen LogP contribution < -0.4 is 5.32 Å². The summed E-state index contributed by atoms with van der Waals surface area (Å²) >= 11 is 3.35. The molecule has 78 valence electrons. The highest BCUT2D eigenvalue weighted by Crippen LogP contribution is 2.13. The average Bonchev–Trinajstić information content (AvgIpc) is 2.71. The highest BCUT2D eigenvalue weighted by molar-refractivity contribution is 9.10. The first-order valence-electron chi connectivity index (χ1n) is 4.44. The molecule has 0 aliphatic heterocycles. The lowest BCUT2D eigenvalue weighted by molar-refractivity contribution is 0.380. The quantitative estimate of drug-likeness (QED) is 0.918. The summed E-state index contributed by atoms with van der Waals surface area (Å²) in [6.45, 7) is 0.736. The van der Waals surface area contributed by atoms with Crippen molar-refractivity contribution in [3.8, 4) is 0 Å². The van der Waals surface area contributed by atoms with E-state index in [0.717, 1.165) is 16.7 Å². The fraction of sp³-hybridized carbons (Fsp3) is 0.222. The highest BCUT2D eigenvalue weighted by Gasteiger charge is 1.98. The summed E-state index contributed by atoms with van der Waals surface area (Å²) in [5, 5.41) is 6.73. The van der Waals surface area contributed by atoms with Crippen LogP contribution in [0.2, 0.25) is 0 Å². The van der Waals surface area contributed by atoms with Crippen molar-refractivity contribution < 1.29 is 4.52 Å². The Labute approximate surface area is 95.0 Å². The first-order valence-corrected chi connectivity index (χ1v) is 5.24. The molecular weight excluding hydrogens is 260 g/mol. The van der Waals surface area contributed by atoms with Crippen LogP contribution in [0.15, 0.2) is 33.8 Å². The largest absolute Gasteiger partial charge is 0.383 e. The summed E-state index contributed by atoms with van der Waals surface area (Å²) in [5.74, 6) is 0.630. The van der Waals surface area contributed by atoms with Crippen LogP contribution in [0.5, 0.6) is 0 Å². The summed E-state index contributed by atoms with van der Waals surface area (Å²) in [4.78, 5) is 7.96. The van der Waals surface area contributed by atoms with E-state index >= 15 is 0 Å². The zero-order chi connectivity index (χ0) is 10.5. The Kier molecular flexibility index (Phi) is 3.29. The Morgan fingerprint density at radius 3 is 3.07 bits per heavy atom. The molecule has 0 spiro atoms. The van der Waals surface area contributed by atoms with Crippen molar-refractivity contribution in [2.45, 2.75) is 6.42 Å². The minimum absolute atomic E-state index is 0.630. The van der Waals surface area contributed by atoms with Crippen molar-refractivity contribution >= 4 is 21.6 Å². The molecule has 0 amide bonds. The molecule has 0 saturated carbocycles. The molecule has 0 bridgehead atoms. The molecule has 6 heteroatoms. The average molecular weight is 269 g/mol. The topological polar surface area (TPSA) is 63.8 Å². The minimum atomic E-state index is 0.630. The van der Waals surface area contributed by atoms with E-state index in [2.05, 4.69) is 36.4 Å². The Hall–Kier alpha value is -1.43. The van der Waals surface area contributed by atoms with E-state index in [-0.39, 0.29) is 0 Å². The Morgan fingerprint density at radius 1 is 1.40 bits per heavy atom. The normalized spacial score (nSPS) is 10.2. The third-order valence-corrected chi connectivity index (χ3v) is 2.21. The zero-order valence-electron chi connectivity index (χ0n) is 7.85. The summed E-state index contributed by atoms with van der Waals surface area (Å²) in [5.41, 5.74) is 0.962. The van der Waals surface area contributed by atoms with Gasteiger partial charge in [-0.2, -0.15) is 4.98 Å². The van der Waals surface area contributed by atoms with Gasteiger partial charge >= 0.3 is 0 Å². The van der Waals surface area contributed by atoms with Gasteiger partial charge in [-0.25, -0.2) is 0 Å². The van der Waals surface area contributed by atoms with Gasteiger partial charge in [-0.15, -0.1) is 0 Å². The van der Waals surface area contributed by atoms with Crippen LogP contribution in [0.25, 0.3) is 0 Å². The lowest BCUT2D eigenvalue weighted by Gasteiger charge is -2.03. The van der Waals surface area contributed by atoms with Gasteiger partial charge in [0.25, 0.3) is 0 Å². The second kappa shape index (κ2) is 4.88. The molecule has 2 rings (SSSR count). The number of pyridine rings is 1. The number of halogens is 1. The fourth-order valence-corrected chi connectivity index (χ4v) is 1.49. The predicted octanol–water partition coefficient (Wildman–Crippen LogP) is 1.88. The Balaban J connectivity index is 1.83. The zero-order valence-corrected chi connectivity index (χ0v) is 9.44. The van der Waals surface area contributed by atoms with Gasteiger partial charge in [0.05, 0.1) is 11.9 Å². The maximum Gasteiger partial charge on any atom is 0.228 e. The van der Waals surface area contributed by atoms with E-state index in [1.165, 1.54) is 6.33 Å². The molecule has 0 atom stereocenters. The molecular formula is C9H9BrN4O. The molecule has 0 aliphatic carbocycles. The molecule has 5 nitrogen and oxygen atoms in total. The van der Waals surface area contributed by atoms with Crippen LogP contribution in [0.4, 0.5) is 5.69 Å². The standard InChI is InChI=1S/C9H9BrN4O/c10-7-3-8(5-11-4-7)12-2-1-9-13-6-14-15-9/h3-6,12H,1-2H2. The second-order valence-corrected chi connectivity index (χ2v) is 3.82. The third kappa shape index (κ3) is 3.02. The van der Waals surface area contributed by atoms with E-state index in [9.17, 15) is 0 Å². The van der Waals surface area contributed by atoms with E-state index < -0.39 is 0 Å². The molecule has 2 aromatic rings. The third-order valence-electron chi connectivity index (χ3n) is 1.78. The van der Waals surface area contributed by atoms with Crippen LogP contribution in [0.1, 0.15) is 5.89 Å². The van der Waals surface area contributed by atoms with Gasteiger partial charge in [0.15, 0.2) is 6.33 Å². The molecule has 0 saturated heterocycles. The molecule has 0 radical (unpaired) electrons. The van der Waals surface area contributed by atoms with Crippen molar-refractivity contribution in [3.63, 3.8) is 0 Å². The van der Waals surface area contributed by atoms with Crippen molar-refractivity contribution in [3.05, 3.63) is 35.2 Å². The summed E-state index contributed by atoms with van der Waals surface area (Å²) in [6.07, 6.45) is 5.60. The number of hydrogen-bond acceptors (Lipinski definition) is 5. The lowest BCUT2D eigenvalue weighted by Crippen LogP contribution is -2.05. The van der Waals surface area contributed by atoms with Crippen LogP contribution in [0, 0.1) is 0 Å². The summed E-state index contributed by atoms with van der Waals surface area (Å²) in [6, 6.07) is 1.96. The highest BCUT2D eigenvalue weighted by atomic mass is 79.9. The van der Waals surface area contributed by atoms with E-state index in [0.29, 0.717) is 12.3 Å². The minimum Gasteiger partial charge on any atom is -0.383 e. The van der Waals surface area contributed by atoms with E-state index in [4.69, 9.17) is 4.52 Å². The number of rotatable bonds is 4. The maximum absolute atomic E-state index is 4.87. The fourth-order valence-electron chi connectivity index (χ4n) is 1.13. The van der Waals surface area contributed by atoms with Crippen LogP contribution in [-0.2, 0) is 6.42 Å². The maximum atomic E-state index is 4.87. The van der Waals surface area contributed by atoms with Gasteiger partial charge in [0, 0.05) is 23.6 Å². The van der Waals surface area contributed by atoms with Crippen molar-refractivity contribution in [1.29, 1.82) is 0 Å². The van der Waals surface area contributed by atoms with Crippen LogP contribution >= 0.6 is 15.9 Å². The predicted molar refractivity (Wildman–Crippen MR) is 58.4 cm³/mol. The van der Waals surface area contributed by atoms with Crippen molar-refractivity contribution in [2.24, 2.45) is 0 Å². The van der Waals surface area contributed by atoms with Crippen molar-refractivity contribution in [1.82, 2.24) is 15.1 Å². The SMILES string of the molecule is Brc1cncc(NCCc2ncno2)c1. The lowest BCUT2D eigenvalue weighted by atomic mass is 10.4. The van der Waals surface area contributed by atoms with Crippen LogP contribution in [-0.4, -0.2) is 21.7 Å². The molecule has 0 fully saturated rings. The van der Waals surface area contributed by atoms with Gasteiger partial charge in [0.2, 0.25) is 5.89 Å². The van der Waals surface area contributed by atoms with Gasteiger partial charge in [-0.05, 0) is 22.0 Å². The number of nitrogens with one attached hydrogen (secondary N) is 1. The first-order chi connectivity index (χ1) is 7.34. The molecule has 0 unspecified atom stereocenters. The summed E-state index contributed by atoms with van der Waals surface area (Å²) in [7, 11) is 0. The van der Waals surface area contributed by atoms with Crippen LogP contribution in [0.3, 0.4) is 0 Å². The molecule has 0 aliphatic rings. The molecule has 1 N–H and O–H groups in total. The molecule has 2 aromatic heterocycles. The molecule has 15 heavy (non-hydrogen) atoms. The monoisotopic (exact) mass is 268 g/mol. The summed E-state index contributed by atoms with van der Waals surface area (Å²) < 4.78 is 5.82. The number of aromatic nitrogens is 3. The van der Waals surface area contributed by atoms with E-state index in [1.54, 1.807) is 12.4 Å². The van der Waals surface area contributed by atoms with E-state index in [1.807, 2.05) is 6.07 Å². The first kappa shape index (κ1) is 10.1. The smallest absolute Gasteiger partial charge is 0.228 e. The van der Waals surface area contributed by atoms with Gasteiger partial charge in [-0.1, -0.05) is 5.16 Å². The van der Waals surface area contributed by atoms with Crippen molar-refractivity contribution in [2.75, 3.05) is 11.9 Å².